The minimum Gasteiger partial charge on any atom is -0.351 e. The number of aliphatic imine (C=N–C) groups is 1. The van der Waals surface area contributed by atoms with Gasteiger partial charge in [-0.05, 0) is 11.4 Å². The highest BCUT2D eigenvalue weighted by Crippen LogP contribution is 2.19. The van der Waals surface area contributed by atoms with Crippen molar-refractivity contribution in [1.82, 2.24) is 19.6 Å². The summed E-state index contributed by atoms with van der Waals surface area (Å²) in [5.41, 5.74) is 0. The number of hydrogen-bond acceptors (Lipinski definition) is 6. The fourth-order valence-electron chi connectivity index (χ4n) is 2.54. The lowest BCUT2D eigenvalue weighted by Gasteiger charge is -2.36. The van der Waals surface area contributed by atoms with Gasteiger partial charge >= 0.3 is 0 Å². The molecule has 0 unspecified atom stereocenters. The van der Waals surface area contributed by atoms with Crippen molar-refractivity contribution < 1.29 is 0 Å². The van der Waals surface area contributed by atoms with Crippen molar-refractivity contribution in [1.29, 1.82) is 0 Å². The summed E-state index contributed by atoms with van der Waals surface area (Å²) in [6.07, 6.45) is 0.899. The van der Waals surface area contributed by atoms with Crippen molar-refractivity contribution >= 4 is 34.0 Å². The van der Waals surface area contributed by atoms with Gasteiger partial charge in [-0.25, -0.2) is 4.98 Å². The molecule has 124 valence electrons. The normalized spacial score (nSPS) is 16.0. The predicted molar refractivity (Wildman–Crippen MR) is 97.6 cm³/mol. The molecule has 2 aromatic rings. The van der Waals surface area contributed by atoms with Crippen molar-refractivity contribution in [2.75, 3.05) is 38.1 Å². The maximum Gasteiger partial charge on any atom is 0.205 e. The summed E-state index contributed by atoms with van der Waals surface area (Å²) in [6, 6.07) is 4.22. The largest absolute Gasteiger partial charge is 0.351 e. The molecule has 0 bridgehead atoms. The van der Waals surface area contributed by atoms with Crippen molar-refractivity contribution in [3.05, 3.63) is 28.2 Å². The van der Waals surface area contributed by atoms with E-state index in [1.165, 1.54) is 16.4 Å². The third kappa shape index (κ3) is 4.00. The lowest BCUT2D eigenvalue weighted by molar-refractivity contribution is 0.372. The zero-order valence-corrected chi connectivity index (χ0v) is 15.2. The smallest absolute Gasteiger partial charge is 0.205 e. The lowest BCUT2D eigenvalue weighted by atomic mass is 10.3. The maximum absolute atomic E-state index is 4.58. The van der Waals surface area contributed by atoms with Gasteiger partial charge in [-0.3, -0.25) is 4.99 Å². The first-order valence-corrected chi connectivity index (χ1v) is 9.51. The molecule has 0 radical (unpaired) electrons. The molecule has 0 atom stereocenters. The van der Waals surface area contributed by atoms with Crippen LogP contribution in [0.15, 0.2) is 22.5 Å². The molecule has 0 aromatic carbocycles. The van der Waals surface area contributed by atoms with Crippen LogP contribution in [-0.4, -0.2) is 53.4 Å². The molecule has 1 aliphatic rings. The first-order valence-electron chi connectivity index (χ1n) is 7.85. The molecule has 1 aliphatic heterocycles. The Balaban J connectivity index is 1.52. The van der Waals surface area contributed by atoms with E-state index in [-0.39, 0.29) is 0 Å². The Kier molecular flexibility index (Phi) is 5.45. The standard InChI is InChI=1S/C15H22N6S2/c1-3-13-18-15(23-19-13)21-8-6-20(7-9-21)14(16-2)17-11-12-5-4-10-22-12/h4-5,10H,3,6-9,11H2,1-2H3,(H,16,17). The molecule has 3 heterocycles. The second-order valence-corrected chi connectivity index (χ2v) is 7.06. The Hall–Kier alpha value is -1.67. The molecular weight excluding hydrogens is 328 g/mol. The summed E-state index contributed by atoms with van der Waals surface area (Å²) in [6.45, 7) is 6.74. The van der Waals surface area contributed by atoms with Gasteiger partial charge in [0.15, 0.2) is 5.96 Å². The second kappa shape index (κ2) is 7.74. The molecule has 0 spiro atoms. The highest BCUT2D eigenvalue weighted by Gasteiger charge is 2.21. The Morgan fingerprint density at radius 2 is 2.17 bits per heavy atom. The van der Waals surface area contributed by atoms with Crippen LogP contribution in [0, 0.1) is 0 Å². The number of nitrogens with zero attached hydrogens (tertiary/aromatic N) is 5. The van der Waals surface area contributed by atoms with Crippen molar-refractivity contribution in [3.8, 4) is 0 Å². The van der Waals surface area contributed by atoms with Crippen molar-refractivity contribution in [2.24, 2.45) is 4.99 Å². The minimum absolute atomic E-state index is 0.834. The number of anilines is 1. The Labute approximate surface area is 145 Å². The summed E-state index contributed by atoms with van der Waals surface area (Å²) in [4.78, 5) is 15.0. The zero-order valence-electron chi connectivity index (χ0n) is 13.5. The summed E-state index contributed by atoms with van der Waals surface area (Å²) in [7, 11) is 1.85. The van der Waals surface area contributed by atoms with Crippen molar-refractivity contribution in [3.63, 3.8) is 0 Å². The Morgan fingerprint density at radius 3 is 2.78 bits per heavy atom. The number of piperazine rings is 1. The van der Waals surface area contributed by atoms with Crippen molar-refractivity contribution in [2.45, 2.75) is 19.9 Å². The van der Waals surface area contributed by atoms with Gasteiger partial charge < -0.3 is 15.1 Å². The van der Waals surface area contributed by atoms with Crippen LogP contribution >= 0.6 is 22.9 Å². The number of thiophene rings is 1. The van der Waals surface area contributed by atoms with Crippen LogP contribution in [0.5, 0.6) is 0 Å². The molecule has 2 aromatic heterocycles. The molecule has 1 saturated heterocycles. The zero-order chi connectivity index (χ0) is 16.1. The number of nitrogens with one attached hydrogen (secondary N) is 1. The van der Waals surface area contributed by atoms with E-state index in [1.54, 1.807) is 11.3 Å². The van der Waals surface area contributed by atoms with Crippen LogP contribution in [0.25, 0.3) is 0 Å². The molecule has 3 rings (SSSR count). The number of hydrogen-bond donors (Lipinski definition) is 1. The fraction of sp³-hybridized carbons (Fsp3) is 0.533. The van der Waals surface area contributed by atoms with E-state index in [0.717, 1.165) is 56.1 Å². The number of guanidine groups is 1. The molecule has 1 fully saturated rings. The summed E-state index contributed by atoms with van der Waals surface area (Å²) in [5.74, 6) is 1.92. The Morgan fingerprint density at radius 1 is 1.35 bits per heavy atom. The molecule has 0 saturated carbocycles. The summed E-state index contributed by atoms with van der Waals surface area (Å²) >= 11 is 3.27. The third-order valence-electron chi connectivity index (χ3n) is 3.84. The molecule has 0 amide bonds. The van der Waals surface area contributed by atoms with E-state index in [2.05, 4.69) is 53.9 Å². The number of aromatic nitrogens is 2. The molecule has 6 nitrogen and oxygen atoms in total. The first kappa shape index (κ1) is 16.2. The Bertz CT molecular complexity index is 628. The van der Waals surface area contributed by atoms with Gasteiger partial charge in [0.25, 0.3) is 0 Å². The van der Waals surface area contributed by atoms with E-state index in [4.69, 9.17) is 0 Å². The highest BCUT2D eigenvalue weighted by molar-refractivity contribution is 7.10. The predicted octanol–water partition coefficient (Wildman–Crippen LogP) is 2.06. The van der Waals surface area contributed by atoms with Gasteiger partial charge in [0, 0.05) is 56.1 Å². The number of rotatable bonds is 4. The molecule has 23 heavy (non-hydrogen) atoms. The van der Waals surface area contributed by atoms with Gasteiger partial charge in [-0.1, -0.05) is 13.0 Å². The van der Waals surface area contributed by atoms with Crippen LogP contribution in [-0.2, 0) is 13.0 Å². The van der Waals surface area contributed by atoms with Gasteiger partial charge in [-0.2, -0.15) is 4.37 Å². The molecular formula is C15H22N6S2. The van der Waals surface area contributed by atoms with Gasteiger partial charge in [0.2, 0.25) is 5.13 Å². The van der Waals surface area contributed by atoms with E-state index < -0.39 is 0 Å². The minimum atomic E-state index is 0.834. The molecule has 8 heteroatoms. The van der Waals surface area contributed by atoms with Gasteiger partial charge in [0.1, 0.15) is 5.82 Å². The molecule has 1 N–H and O–H groups in total. The first-order chi connectivity index (χ1) is 11.3. The lowest BCUT2D eigenvalue weighted by Crippen LogP contribution is -2.52. The van der Waals surface area contributed by atoms with Crippen LogP contribution < -0.4 is 10.2 Å². The topological polar surface area (TPSA) is 56.7 Å². The monoisotopic (exact) mass is 350 g/mol. The van der Waals surface area contributed by atoms with Crippen LogP contribution in [0.1, 0.15) is 17.6 Å². The van der Waals surface area contributed by atoms with Crippen LogP contribution in [0.4, 0.5) is 5.13 Å². The van der Waals surface area contributed by atoms with Crippen LogP contribution in [0.2, 0.25) is 0 Å². The van der Waals surface area contributed by atoms with Gasteiger partial charge in [0.05, 0.1) is 6.54 Å². The van der Waals surface area contributed by atoms with Crippen LogP contribution in [0.3, 0.4) is 0 Å². The second-order valence-electron chi connectivity index (χ2n) is 5.30. The van der Waals surface area contributed by atoms with Gasteiger partial charge in [-0.15, -0.1) is 11.3 Å². The quantitative estimate of drug-likeness (QED) is 0.676. The average Bonchev–Trinajstić information content (AvgIpc) is 3.27. The summed E-state index contributed by atoms with van der Waals surface area (Å²) in [5, 5.41) is 6.60. The van der Waals surface area contributed by atoms with E-state index >= 15 is 0 Å². The highest BCUT2D eigenvalue weighted by atomic mass is 32.1. The molecule has 0 aliphatic carbocycles. The van der Waals surface area contributed by atoms with E-state index in [9.17, 15) is 0 Å². The third-order valence-corrected chi connectivity index (χ3v) is 5.53. The summed E-state index contributed by atoms with van der Waals surface area (Å²) < 4.78 is 4.38. The number of aryl methyl sites for hydroxylation is 1. The SMILES string of the molecule is CCc1nsc(N2CCN(C(=NC)NCc3cccs3)CC2)n1. The van der Waals surface area contributed by atoms with E-state index in [1.807, 2.05) is 7.05 Å². The maximum atomic E-state index is 4.58. The fourth-order valence-corrected chi connectivity index (χ4v) is 3.98. The average molecular weight is 351 g/mol. The van der Waals surface area contributed by atoms with E-state index in [0.29, 0.717) is 0 Å².